The molecule has 1 saturated heterocycles. The third kappa shape index (κ3) is 7.45. The molecule has 3 aromatic heterocycles. The Morgan fingerprint density at radius 3 is 2.56 bits per heavy atom. The van der Waals surface area contributed by atoms with Gasteiger partial charge in [0.2, 0.25) is 5.13 Å². The summed E-state index contributed by atoms with van der Waals surface area (Å²) < 4.78 is 16.3. The number of anilines is 2. The highest BCUT2D eigenvalue weighted by Crippen LogP contribution is 2.36. The number of piperidine rings is 1. The number of likely N-dealkylation sites (tertiary alicyclic amines) is 1. The maximum absolute atomic E-state index is 12.4. The molecule has 0 bridgehead atoms. The molecule has 0 spiro atoms. The largest absolute Gasteiger partial charge is 0.453 e. The van der Waals surface area contributed by atoms with Crippen molar-refractivity contribution < 1.29 is 14.3 Å². The SMILES string of the molecule is CC(C)(C)OC(=O)N1CCC(c2nsc(Nc3ncc(Sc4ccccn4)cc3Oc3ccccc3)n2)CC1. The first kappa shape index (κ1) is 26.9. The number of aromatic nitrogens is 4. The molecule has 1 aliphatic rings. The van der Waals surface area contributed by atoms with Gasteiger partial charge in [0.15, 0.2) is 11.6 Å². The third-order valence-corrected chi connectivity index (χ3v) is 7.39. The number of carbonyl (C=O) groups is 1. The predicted octanol–water partition coefficient (Wildman–Crippen LogP) is 7.13. The maximum Gasteiger partial charge on any atom is 0.410 e. The number of para-hydroxylation sites is 1. The van der Waals surface area contributed by atoms with Crippen LogP contribution in [0.5, 0.6) is 11.5 Å². The van der Waals surface area contributed by atoms with E-state index in [-0.39, 0.29) is 12.0 Å². The summed E-state index contributed by atoms with van der Waals surface area (Å²) in [6.07, 6.45) is 4.86. The van der Waals surface area contributed by atoms with Crippen molar-refractivity contribution in [3.8, 4) is 11.5 Å². The smallest absolute Gasteiger partial charge is 0.410 e. The van der Waals surface area contributed by atoms with Crippen molar-refractivity contribution in [2.24, 2.45) is 0 Å². The van der Waals surface area contributed by atoms with Gasteiger partial charge in [0.05, 0.1) is 0 Å². The molecule has 1 fully saturated rings. The lowest BCUT2D eigenvalue weighted by atomic mass is 9.96. The number of rotatable bonds is 7. The van der Waals surface area contributed by atoms with E-state index in [9.17, 15) is 4.79 Å². The van der Waals surface area contributed by atoms with E-state index >= 15 is 0 Å². The van der Waals surface area contributed by atoms with Crippen molar-refractivity contribution in [3.63, 3.8) is 0 Å². The summed E-state index contributed by atoms with van der Waals surface area (Å²) in [5, 5.41) is 4.80. The van der Waals surface area contributed by atoms with Crippen LogP contribution in [-0.4, -0.2) is 49.0 Å². The predicted molar refractivity (Wildman–Crippen MR) is 152 cm³/mol. The zero-order valence-corrected chi connectivity index (χ0v) is 23.7. The molecule has 202 valence electrons. The van der Waals surface area contributed by atoms with E-state index in [1.807, 2.05) is 75.4 Å². The van der Waals surface area contributed by atoms with Crippen molar-refractivity contribution >= 4 is 40.3 Å². The molecular formula is C28H30N6O3S2. The Morgan fingerprint density at radius 2 is 1.85 bits per heavy atom. The monoisotopic (exact) mass is 562 g/mol. The summed E-state index contributed by atoms with van der Waals surface area (Å²) in [6.45, 7) is 6.87. The number of amides is 1. The number of hydrogen-bond donors (Lipinski definition) is 1. The molecule has 0 atom stereocenters. The fraction of sp³-hybridized carbons (Fsp3) is 0.321. The first-order chi connectivity index (χ1) is 18.8. The molecular weight excluding hydrogens is 532 g/mol. The van der Waals surface area contributed by atoms with E-state index in [2.05, 4.69) is 19.7 Å². The maximum atomic E-state index is 12.4. The molecule has 0 radical (unpaired) electrons. The summed E-state index contributed by atoms with van der Waals surface area (Å²) in [6, 6.07) is 17.3. The number of pyridine rings is 2. The zero-order chi connectivity index (χ0) is 27.2. The van der Waals surface area contributed by atoms with Crippen LogP contribution in [0, 0.1) is 0 Å². The fourth-order valence-corrected chi connectivity index (χ4v) is 5.42. The van der Waals surface area contributed by atoms with Gasteiger partial charge in [-0.2, -0.15) is 4.37 Å². The minimum Gasteiger partial charge on any atom is -0.453 e. The Kier molecular flexibility index (Phi) is 8.27. The van der Waals surface area contributed by atoms with Gasteiger partial charge >= 0.3 is 6.09 Å². The van der Waals surface area contributed by atoms with Gasteiger partial charge in [0.1, 0.15) is 22.2 Å². The summed E-state index contributed by atoms with van der Waals surface area (Å²) in [7, 11) is 0. The molecule has 0 saturated carbocycles. The summed E-state index contributed by atoms with van der Waals surface area (Å²) in [5.41, 5.74) is -0.503. The summed E-state index contributed by atoms with van der Waals surface area (Å²) in [4.78, 5) is 28.8. The van der Waals surface area contributed by atoms with E-state index in [1.54, 1.807) is 17.3 Å². The summed E-state index contributed by atoms with van der Waals surface area (Å²) in [5.74, 6) is 2.79. The van der Waals surface area contributed by atoms with E-state index in [0.717, 1.165) is 28.6 Å². The topological polar surface area (TPSA) is 102 Å². The summed E-state index contributed by atoms with van der Waals surface area (Å²) >= 11 is 2.80. The number of nitrogens with zero attached hydrogens (tertiary/aromatic N) is 5. The highest BCUT2D eigenvalue weighted by Gasteiger charge is 2.29. The van der Waals surface area contributed by atoms with E-state index < -0.39 is 5.60 Å². The Hall–Kier alpha value is -3.70. The Morgan fingerprint density at radius 1 is 1.08 bits per heavy atom. The average molecular weight is 563 g/mol. The molecule has 1 amide bonds. The van der Waals surface area contributed by atoms with E-state index in [4.69, 9.17) is 14.5 Å². The molecule has 5 rings (SSSR count). The number of benzene rings is 1. The van der Waals surface area contributed by atoms with Crippen LogP contribution in [0.4, 0.5) is 15.7 Å². The minimum atomic E-state index is -0.503. The van der Waals surface area contributed by atoms with Crippen LogP contribution in [0.15, 0.2) is 76.9 Å². The first-order valence-corrected chi connectivity index (χ1v) is 14.3. The van der Waals surface area contributed by atoms with Crippen LogP contribution in [-0.2, 0) is 4.74 Å². The normalized spacial score (nSPS) is 14.2. The standard InChI is InChI=1S/C28H30N6O3S2/c1-28(2,3)37-27(35)34-15-12-19(13-16-34)24-31-26(39-33-24)32-25-22(36-20-9-5-4-6-10-20)17-21(18-30-25)38-23-11-7-8-14-29-23/h4-11,14,17-19H,12-13,15-16H2,1-3H3,(H,30,31,32,33). The van der Waals surface area contributed by atoms with Crippen LogP contribution < -0.4 is 10.1 Å². The number of carbonyl (C=O) groups excluding carboxylic acids is 1. The number of nitrogens with one attached hydrogen (secondary N) is 1. The van der Waals surface area contributed by atoms with Gasteiger partial charge in [0, 0.05) is 53.9 Å². The van der Waals surface area contributed by atoms with Gasteiger partial charge in [-0.3, -0.25) is 0 Å². The molecule has 0 unspecified atom stereocenters. The lowest BCUT2D eigenvalue weighted by Crippen LogP contribution is -2.41. The Balaban J connectivity index is 1.28. The molecule has 39 heavy (non-hydrogen) atoms. The average Bonchev–Trinajstić information content (AvgIpc) is 3.39. The molecule has 1 N–H and O–H groups in total. The molecule has 9 nitrogen and oxygen atoms in total. The Bertz CT molecular complexity index is 1390. The second-order valence-electron chi connectivity index (χ2n) is 10.0. The van der Waals surface area contributed by atoms with Crippen molar-refractivity contribution in [1.29, 1.82) is 0 Å². The first-order valence-electron chi connectivity index (χ1n) is 12.7. The van der Waals surface area contributed by atoms with Crippen LogP contribution >= 0.6 is 23.3 Å². The molecule has 0 aliphatic carbocycles. The van der Waals surface area contributed by atoms with Gasteiger partial charge in [-0.15, -0.1) is 0 Å². The number of ether oxygens (including phenoxy) is 2. The molecule has 4 aromatic rings. The van der Waals surface area contributed by atoms with E-state index in [1.165, 1.54) is 23.3 Å². The molecule has 1 aliphatic heterocycles. The van der Waals surface area contributed by atoms with Crippen LogP contribution in [0.25, 0.3) is 0 Å². The highest BCUT2D eigenvalue weighted by molar-refractivity contribution is 7.99. The second kappa shape index (κ2) is 12.0. The lowest BCUT2D eigenvalue weighted by molar-refractivity contribution is 0.0203. The van der Waals surface area contributed by atoms with Gasteiger partial charge in [-0.1, -0.05) is 36.0 Å². The van der Waals surface area contributed by atoms with Crippen molar-refractivity contribution in [2.45, 2.75) is 55.1 Å². The third-order valence-electron chi connectivity index (χ3n) is 5.84. The number of hydrogen-bond acceptors (Lipinski definition) is 10. The van der Waals surface area contributed by atoms with Gasteiger partial charge in [0.25, 0.3) is 0 Å². The van der Waals surface area contributed by atoms with Gasteiger partial charge in [-0.05, 0) is 57.9 Å². The minimum absolute atomic E-state index is 0.181. The second-order valence-corrected chi connectivity index (χ2v) is 11.9. The van der Waals surface area contributed by atoms with Gasteiger partial charge in [-0.25, -0.2) is 19.7 Å². The van der Waals surface area contributed by atoms with Crippen LogP contribution in [0.1, 0.15) is 45.4 Å². The van der Waals surface area contributed by atoms with Crippen LogP contribution in [0.3, 0.4) is 0 Å². The van der Waals surface area contributed by atoms with Crippen molar-refractivity contribution in [2.75, 3.05) is 18.4 Å². The zero-order valence-electron chi connectivity index (χ0n) is 22.0. The van der Waals surface area contributed by atoms with Crippen LogP contribution in [0.2, 0.25) is 0 Å². The fourth-order valence-electron chi connectivity index (χ4n) is 4.00. The Labute approximate surface area is 236 Å². The highest BCUT2D eigenvalue weighted by atomic mass is 32.2. The molecule has 1 aromatic carbocycles. The lowest BCUT2D eigenvalue weighted by Gasteiger charge is -2.32. The molecule has 11 heteroatoms. The quantitative estimate of drug-likeness (QED) is 0.252. The van der Waals surface area contributed by atoms with Crippen molar-refractivity contribution in [1.82, 2.24) is 24.2 Å². The molecule has 4 heterocycles. The van der Waals surface area contributed by atoms with E-state index in [0.29, 0.717) is 35.5 Å². The van der Waals surface area contributed by atoms with Gasteiger partial charge < -0.3 is 19.7 Å². The van der Waals surface area contributed by atoms with Crippen molar-refractivity contribution in [3.05, 3.63) is 72.8 Å².